The fourth-order valence-corrected chi connectivity index (χ4v) is 4.76. The standard InChI is InChI=1S/C29H32ClN3O2/c1-23(25-12-6-3-7-13-25)33(29(35)26-14-8-9-15-27(26)30)17-16-28(34)32-20-18-31(19-21-32)22-24-10-4-2-5-11-24/h2-15,23H,16-22H2,1H3. The van der Waals surface area contributed by atoms with Crippen LogP contribution in [0.2, 0.25) is 5.02 Å². The molecule has 1 unspecified atom stereocenters. The molecule has 1 atom stereocenters. The van der Waals surface area contributed by atoms with E-state index in [9.17, 15) is 9.59 Å². The summed E-state index contributed by atoms with van der Waals surface area (Å²) in [5, 5.41) is 0.420. The Kier molecular flexibility index (Phi) is 8.56. The van der Waals surface area contributed by atoms with E-state index in [0.717, 1.165) is 25.2 Å². The van der Waals surface area contributed by atoms with Gasteiger partial charge >= 0.3 is 0 Å². The van der Waals surface area contributed by atoms with E-state index < -0.39 is 0 Å². The average molecular weight is 490 g/mol. The molecule has 1 heterocycles. The quantitative estimate of drug-likeness (QED) is 0.432. The summed E-state index contributed by atoms with van der Waals surface area (Å²) < 4.78 is 0. The predicted octanol–water partition coefficient (Wildman–Crippen LogP) is 5.28. The van der Waals surface area contributed by atoms with Crippen LogP contribution in [-0.4, -0.2) is 59.2 Å². The Morgan fingerprint density at radius 3 is 2.11 bits per heavy atom. The molecule has 0 spiro atoms. The fourth-order valence-electron chi connectivity index (χ4n) is 4.54. The van der Waals surface area contributed by atoms with Crippen LogP contribution in [0.5, 0.6) is 0 Å². The number of nitrogens with zero attached hydrogens (tertiary/aromatic N) is 3. The van der Waals surface area contributed by atoms with Gasteiger partial charge in [0.2, 0.25) is 5.91 Å². The van der Waals surface area contributed by atoms with Gasteiger partial charge in [-0.3, -0.25) is 14.5 Å². The zero-order chi connectivity index (χ0) is 24.6. The van der Waals surface area contributed by atoms with Gasteiger partial charge in [0.15, 0.2) is 0 Å². The Morgan fingerprint density at radius 1 is 0.857 bits per heavy atom. The summed E-state index contributed by atoms with van der Waals surface area (Å²) in [6, 6.07) is 27.2. The van der Waals surface area contributed by atoms with Gasteiger partial charge in [0.05, 0.1) is 16.6 Å². The summed E-state index contributed by atoms with van der Waals surface area (Å²) in [6.07, 6.45) is 0.284. The summed E-state index contributed by atoms with van der Waals surface area (Å²) in [4.78, 5) is 32.7. The zero-order valence-corrected chi connectivity index (χ0v) is 20.9. The molecule has 3 aromatic rings. The van der Waals surface area contributed by atoms with Crippen molar-refractivity contribution in [3.05, 3.63) is 107 Å². The van der Waals surface area contributed by atoms with E-state index in [4.69, 9.17) is 11.6 Å². The van der Waals surface area contributed by atoms with E-state index in [0.29, 0.717) is 30.2 Å². The number of carbonyl (C=O) groups excluding carboxylic acids is 2. The largest absolute Gasteiger partial charge is 0.340 e. The van der Waals surface area contributed by atoms with Gasteiger partial charge in [0, 0.05) is 45.7 Å². The van der Waals surface area contributed by atoms with Crippen molar-refractivity contribution in [3.8, 4) is 0 Å². The number of amides is 2. The highest BCUT2D eigenvalue weighted by Gasteiger charge is 2.27. The lowest BCUT2D eigenvalue weighted by atomic mass is 10.0. The molecule has 182 valence electrons. The third-order valence-electron chi connectivity index (χ3n) is 6.66. The van der Waals surface area contributed by atoms with Crippen molar-refractivity contribution in [3.63, 3.8) is 0 Å². The monoisotopic (exact) mass is 489 g/mol. The van der Waals surface area contributed by atoms with Crippen molar-refractivity contribution < 1.29 is 9.59 Å². The van der Waals surface area contributed by atoms with E-state index in [2.05, 4.69) is 29.2 Å². The lowest BCUT2D eigenvalue weighted by Gasteiger charge is -2.36. The highest BCUT2D eigenvalue weighted by Crippen LogP contribution is 2.25. The lowest BCUT2D eigenvalue weighted by molar-refractivity contribution is -0.133. The molecule has 0 aliphatic carbocycles. The van der Waals surface area contributed by atoms with Crippen LogP contribution >= 0.6 is 11.6 Å². The second-order valence-electron chi connectivity index (χ2n) is 8.96. The van der Waals surface area contributed by atoms with Crippen molar-refractivity contribution >= 4 is 23.4 Å². The smallest absolute Gasteiger partial charge is 0.255 e. The van der Waals surface area contributed by atoms with Gasteiger partial charge in [-0.05, 0) is 30.2 Å². The van der Waals surface area contributed by atoms with Crippen molar-refractivity contribution in [1.82, 2.24) is 14.7 Å². The molecule has 1 fully saturated rings. The summed E-state index contributed by atoms with van der Waals surface area (Å²) >= 11 is 6.34. The number of carbonyl (C=O) groups is 2. The van der Waals surface area contributed by atoms with Gasteiger partial charge in [0.25, 0.3) is 5.91 Å². The van der Waals surface area contributed by atoms with Gasteiger partial charge in [0.1, 0.15) is 0 Å². The maximum Gasteiger partial charge on any atom is 0.255 e. The molecule has 0 aromatic heterocycles. The summed E-state index contributed by atoms with van der Waals surface area (Å²) in [5.74, 6) is -0.0750. The van der Waals surface area contributed by atoms with E-state index in [1.54, 1.807) is 17.0 Å². The highest BCUT2D eigenvalue weighted by molar-refractivity contribution is 6.33. The molecule has 0 bridgehead atoms. The Morgan fingerprint density at radius 2 is 1.46 bits per heavy atom. The SMILES string of the molecule is CC(c1ccccc1)N(CCC(=O)N1CCN(Cc2ccccc2)CC1)C(=O)c1ccccc1Cl. The van der Waals surface area contributed by atoms with Crippen molar-refractivity contribution in [1.29, 1.82) is 0 Å². The minimum Gasteiger partial charge on any atom is -0.340 e. The first-order chi connectivity index (χ1) is 17.0. The Labute approximate surface area is 212 Å². The van der Waals surface area contributed by atoms with Crippen LogP contribution in [0, 0.1) is 0 Å². The molecule has 0 radical (unpaired) electrons. The second kappa shape index (κ2) is 12.0. The zero-order valence-electron chi connectivity index (χ0n) is 20.1. The van der Waals surface area contributed by atoms with Crippen LogP contribution in [0.15, 0.2) is 84.9 Å². The molecule has 6 heteroatoms. The van der Waals surface area contributed by atoms with Crippen LogP contribution in [0.25, 0.3) is 0 Å². The topological polar surface area (TPSA) is 43.9 Å². The number of halogens is 1. The van der Waals surface area contributed by atoms with Crippen LogP contribution < -0.4 is 0 Å². The third-order valence-corrected chi connectivity index (χ3v) is 6.98. The Bertz CT molecular complexity index is 1120. The fraction of sp³-hybridized carbons (Fsp3) is 0.310. The maximum atomic E-state index is 13.5. The summed E-state index contributed by atoms with van der Waals surface area (Å²) in [7, 11) is 0. The average Bonchev–Trinajstić information content (AvgIpc) is 2.90. The van der Waals surface area contributed by atoms with Gasteiger partial charge in [-0.25, -0.2) is 0 Å². The van der Waals surface area contributed by atoms with Crippen LogP contribution in [0.3, 0.4) is 0 Å². The number of hydrogen-bond acceptors (Lipinski definition) is 3. The molecule has 1 saturated heterocycles. The van der Waals surface area contributed by atoms with E-state index in [-0.39, 0.29) is 24.3 Å². The number of hydrogen-bond donors (Lipinski definition) is 0. The maximum absolute atomic E-state index is 13.5. The molecule has 1 aliphatic heterocycles. The molecule has 2 amide bonds. The predicted molar refractivity (Wildman–Crippen MR) is 140 cm³/mol. The molecular formula is C29H32ClN3O2. The third kappa shape index (κ3) is 6.50. The minimum atomic E-state index is -0.185. The molecule has 0 N–H and O–H groups in total. The Balaban J connectivity index is 1.39. The number of rotatable bonds is 8. The van der Waals surface area contributed by atoms with E-state index in [1.807, 2.05) is 60.4 Å². The molecule has 35 heavy (non-hydrogen) atoms. The normalized spacial score (nSPS) is 15.0. The molecule has 5 nitrogen and oxygen atoms in total. The van der Waals surface area contributed by atoms with E-state index in [1.165, 1.54) is 5.56 Å². The molecular weight excluding hydrogens is 458 g/mol. The van der Waals surface area contributed by atoms with Crippen LogP contribution in [-0.2, 0) is 11.3 Å². The molecule has 4 rings (SSSR count). The number of benzene rings is 3. The molecule has 3 aromatic carbocycles. The minimum absolute atomic E-state index is 0.0848. The summed E-state index contributed by atoms with van der Waals surface area (Å²) in [6.45, 7) is 6.35. The molecule has 0 saturated carbocycles. The van der Waals surface area contributed by atoms with Crippen LogP contribution in [0.1, 0.15) is 40.9 Å². The first-order valence-corrected chi connectivity index (χ1v) is 12.5. The van der Waals surface area contributed by atoms with Gasteiger partial charge in [-0.1, -0.05) is 84.4 Å². The van der Waals surface area contributed by atoms with Crippen molar-refractivity contribution in [2.24, 2.45) is 0 Å². The first kappa shape index (κ1) is 25.0. The van der Waals surface area contributed by atoms with Crippen molar-refractivity contribution in [2.75, 3.05) is 32.7 Å². The summed E-state index contributed by atoms with van der Waals surface area (Å²) in [5.41, 5.74) is 2.77. The van der Waals surface area contributed by atoms with Gasteiger partial charge < -0.3 is 9.80 Å². The number of piperazine rings is 1. The highest BCUT2D eigenvalue weighted by atomic mass is 35.5. The molecule has 1 aliphatic rings. The first-order valence-electron chi connectivity index (χ1n) is 12.2. The van der Waals surface area contributed by atoms with Gasteiger partial charge in [-0.2, -0.15) is 0 Å². The lowest BCUT2D eigenvalue weighted by Crippen LogP contribution is -2.49. The van der Waals surface area contributed by atoms with Gasteiger partial charge in [-0.15, -0.1) is 0 Å². The Hall–Kier alpha value is -3.15. The second-order valence-corrected chi connectivity index (χ2v) is 9.36. The van der Waals surface area contributed by atoms with Crippen LogP contribution in [0.4, 0.5) is 0 Å². The van der Waals surface area contributed by atoms with Crippen molar-refractivity contribution in [2.45, 2.75) is 25.9 Å². The van der Waals surface area contributed by atoms with E-state index >= 15 is 0 Å².